The molecule has 2 aromatic rings. The number of halogens is 2. The molecule has 0 bridgehead atoms. The molecule has 2 aromatic carbocycles. The first-order valence-electron chi connectivity index (χ1n) is 5.64. The Morgan fingerprint density at radius 1 is 1.25 bits per heavy atom. The van der Waals surface area contributed by atoms with E-state index >= 15 is 0 Å². The molecule has 106 valence electrons. The SMILES string of the molecule is Cc1ccc(NS(=O)(=O)c2c(N)cccc2F)cc1Br. The molecular weight excluding hydrogens is 347 g/mol. The van der Waals surface area contributed by atoms with Crippen LogP contribution in [0.2, 0.25) is 0 Å². The summed E-state index contributed by atoms with van der Waals surface area (Å²) < 4.78 is 41.1. The summed E-state index contributed by atoms with van der Waals surface area (Å²) in [5, 5.41) is 0. The van der Waals surface area contributed by atoms with Gasteiger partial charge in [0, 0.05) is 10.2 Å². The van der Waals surface area contributed by atoms with Crippen molar-refractivity contribution in [1.82, 2.24) is 0 Å². The zero-order chi connectivity index (χ0) is 14.9. The van der Waals surface area contributed by atoms with Crippen LogP contribution in [0.1, 0.15) is 5.56 Å². The number of aryl methyl sites for hydroxylation is 1. The fourth-order valence-electron chi connectivity index (χ4n) is 1.67. The molecular formula is C13H12BrFN2O2S. The summed E-state index contributed by atoms with van der Waals surface area (Å²) in [6.07, 6.45) is 0. The van der Waals surface area contributed by atoms with E-state index in [2.05, 4.69) is 20.7 Å². The van der Waals surface area contributed by atoms with E-state index in [1.807, 2.05) is 6.92 Å². The van der Waals surface area contributed by atoms with Crippen LogP contribution in [0.25, 0.3) is 0 Å². The number of hydrogen-bond donors (Lipinski definition) is 2. The van der Waals surface area contributed by atoms with Gasteiger partial charge in [0.1, 0.15) is 10.7 Å². The lowest BCUT2D eigenvalue weighted by atomic mass is 10.2. The minimum atomic E-state index is -4.08. The maximum absolute atomic E-state index is 13.7. The van der Waals surface area contributed by atoms with Crippen LogP contribution in [0.5, 0.6) is 0 Å². The van der Waals surface area contributed by atoms with Gasteiger partial charge < -0.3 is 5.73 Å². The van der Waals surface area contributed by atoms with E-state index in [0.29, 0.717) is 5.69 Å². The summed E-state index contributed by atoms with van der Waals surface area (Å²) in [6.45, 7) is 1.87. The van der Waals surface area contributed by atoms with Crippen molar-refractivity contribution >= 4 is 37.3 Å². The molecule has 0 fully saturated rings. The van der Waals surface area contributed by atoms with Gasteiger partial charge in [-0.25, -0.2) is 12.8 Å². The average Bonchev–Trinajstić information content (AvgIpc) is 2.33. The smallest absolute Gasteiger partial charge is 0.266 e. The fraction of sp³-hybridized carbons (Fsp3) is 0.0769. The number of benzene rings is 2. The van der Waals surface area contributed by atoms with Gasteiger partial charge in [-0.1, -0.05) is 28.1 Å². The van der Waals surface area contributed by atoms with E-state index in [4.69, 9.17) is 5.73 Å². The van der Waals surface area contributed by atoms with E-state index in [1.165, 1.54) is 12.1 Å². The second-order valence-corrected chi connectivity index (χ2v) is 6.70. The molecule has 0 radical (unpaired) electrons. The van der Waals surface area contributed by atoms with Crippen LogP contribution in [-0.4, -0.2) is 8.42 Å². The second kappa shape index (κ2) is 5.41. The van der Waals surface area contributed by atoms with E-state index in [-0.39, 0.29) is 5.69 Å². The van der Waals surface area contributed by atoms with Gasteiger partial charge in [0.15, 0.2) is 0 Å². The quantitative estimate of drug-likeness (QED) is 0.827. The maximum Gasteiger partial charge on any atom is 0.266 e. The highest BCUT2D eigenvalue weighted by Gasteiger charge is 2.22. The molecule has 0 amide bonds. The van der Waals surface area contributed by atoms with Crippen LogP contribution in [0.3, 0.4) is 0 Å². The van der Waals surface area contributed by atoms with Crippen LogP contribution in [0.4, 0.5) is 15.8 Å². The molecule has 20 heavy (non-hydrogen) atoms. The Labute approximate surface area is 125 Å². The van der Waals surface area contributed by atoms with E-state index in [9.17, 15) is 12.8 Å². The third kappa shape index (κ3) is 2.94. The molecule has 0 heterocycles. The van der Waals surface area contributed by atoms with Gasteiger partial charge >= 0.3 is 0 Å². The number of sulfonamides is 1. The summed E-state index contributed by atoms with van der Waals surface area (Å²) in [5.74, 6) is -0.885. The van der Waals surface area contributed by atoms with Gasteiger partial charge in [0.2, 0.25) is 0 Å². The predicted molar refractivity (Wildman–Crippen MR) is 80.5 cm³/mol. The zero-order valence-corrected chi connectivity index (χ0v) is 12.9. The summed E-state index contributed by atoms with van der Waals surface area (Å²) in [6, 6.07) is 8.68. The van der Waals surface area contributed by atoms with E-state index in [0.717, 1.165) is 16.1 Å². The highest BCUT2D eigenvalue weighted by atomic mass is 79.9. The lowest BCUT2D eigenvalue weighted by molar-refractivity contribution is 0.572. The lowest BCUT2D eigenvalue weighted by Gasteiger charge is -2.11. The van der Waals surface area contributed by atoms with Gasteiger partial charge in [0.05, 0.1) is 5.69 Å². The van der Waals surface area contributed by atoms with Gasteiger partial charge in [0.25, 0.3) is 10.0 Å². The topological polar surface area (TPSA) is 72.2 Å². The summed E-state index contributed by atoms with van der Waals surface area (Å²) in [5.41, 5.74) is 6.69. The van der Waals surface area contributed by atoms with Gasteiger partial charge in [-0.3, -0.25) is 4.72 Å². The van der Waals surface area contributed by atoms with Crippen LogP contribution in [0.15, 0.2) is 45.8 Å². The lowest BCUT2D eigenvalue weighted by Crippen LogP contribution is -2.16. The maximum atomic E-state index is 13.7. The first kappa shape index (κ1) is 14.8. The molecule has 4 nitrogen and oxygen atoms in total. The van der Waals surface area contributed by atoms with Gasteiger partial charge in [-0.05, 0) is 36.8 Å². The Morgan fingerprint density at radius 3 is 2.55 bits per heavy atom. The first-order chi connectivity index (χ1) is 9.31. The van der Waals surface area contributed by atoms with Crippen molar-refractivity contribution in [2.45, 2.75) is 11.8 Å². The third-order valence-corrected chi connectivity index (χ3v) is 5.02. The average molecular weight is 359 g/mol. The first-order valence-corrected chi connectivity index (χ1v) is 7.92. The van der Waals surface area contributed by atoms with Crippen LogP contribution >= 0.6 is 15.9 Å². The summed E-state index contributed by atoms with van der Waals surface area (Å²) in [4.78, 5) is -0.545. The molecule has 0 spiro atoms. The fourth-order valence-corrected chi connectivity index (χ4v) is 3.29. The number of rotatable bonds is 3. The second-order valence-electron chi connectivity index (χ2n) is 4.23. The normalized spacial score (nSPS) is 11.3. The predicted octanol–water partition coefficient (Wildman–Crippen LogP) is 3.28. The van der Waals surface area contributed by atoms with Crippen molar-refractivity contribution in [2.24, 2.45) is 0 Å². The Morgan fingerprint density at radius 2 is 1.95 bits per heavy atom. The standard InChI is InChI=1S/C13H12BrFN2O2S/c1-8-5-6-9(7-10(8)14)17-20(18,19)13-11(15)3-2-4-12(13)16/h2-7,17H,16H2,1H3. The summed E-state index contributed by atoms with van der Waals surface area (Å²) in [7, 11) is -4.08. The number of nitrogen functional groups attached to an aromatic ring is 1. The molecule has 2 rings (SSSR count). The Kier molecular flexibility index (Phi) is 4.01. The van der Waals surface area contributed by atoms with Crippen molar-refractivity contribution in [3.8, 4) is 0 Å². The van der Waals surface area contributed by atoms with Crippen molar-refractivity contribution in [3.63, 3.8) is 0 Å². The molecule has 7 heteroatoms. The molecule has 0 saturated heterocycles. The number of anilines is 2. The number of hydrogen-bond acceptors (Lipinski definition) is 3. The van der Waals surface area contributed by atoms with Crippen molar-refractivity contribution in [3.05, 3.63) is 52.3 Å². The molecule has 0 atom stereocenters. The number of nitrogens with one attached hydrogen (secondary N) is 1. The van der Waals surface area contributed by atoms with Crippen LogP contribution < -0.4 is 10.5 Å². The minimum Gasteiger partial charge on any atom is -0.398 e. The Balaban J connectivity index is 2.43. The molecule has 0 aliphatic carbocycles. The summed E-state index contributed by atoms with van der Waals surface area (Å²) >= 11 is 3.31. The monoisotopic (exact) mass is 358 g/mol. The molecule has 0 aliphatic heterocycles. The van der Waals surface area contributed by atoms with Gasteiger partial charge in [-0.15, -0.1) is 0 Å². The number of nitrogens with two attached hydrogens (primary N) is 1. The molecule has 0 aliphatic rings. The van der Waals surface area contributed by atoms with E-state index in [1.54, 1.807) is 18.2 Å². The van der Waals surface area contributed by atoms with Crippen molar-refractivity contribution in [2.75, 3.05) is 10.5 Å². The van der Waals surface area contributed by atoms with Crippen LogP contribution in [-0.2, 0) is 10.0 Å². The molecule has 3 N–H and O–H groups in total. The van der Waals surface area contributed by atoms with Crippen LogP contribution in [0, 0.1) is 12.7 Å². The minimum absolute atomic E-state index is 0.135. The van der Waals surface area contributed by atoms with E-state index < -0.39 is 20.7 Å². The molecule has 0 aromatic heterocycles. The largest absolute Gasteiger partial charge is 0.398 e. The highest BCUT2D eigenvalue weighted by Crippen LogP contribution is 2.26. The highest BCUT2D eigenvalue weighted by molar-refractivity contribution is 9.10. The van der Waals surface area contributed by atoms with Crippen molar-refractivity contribution < 1.29 is 12.8 Å². The van der Waals surface area contributed by atoms with Gasteiger partial charge in [-0.2, -0.15) is 0 Å². The molecule has 0 unspecified atom stereocenters. The third-order valence-electron chi connectivity index (χ3n) is 2.69. The van der Waals surface area contributed by atoms with Crippen molar-refractivity contribution in [1.29, 1.82) is 0 Å². The Bertz CT molecular complexity index is 743. The molecule has 0 saturated carbocycles. The Hall–Kier alpha value is -1.60. The zero-order valence-electron chi connectivity index (χ0n) is 10.5.